The minimum absolute atomic E-state index is 0.525. The molecule has 11 heavy (non-hydrogen) atoms. The van der Waals surface area contributed by atoms with E-state index in [-0.39, 0.29) is 0 Å². The molecule has 0 saturated carbocycles. The molecule has 1 aromatic carbocycles. The number of hydrogen-bond donors (Lipinski definition) is 0. The van der Waals surface area contributed by atoms with Crippen LogP contribution < -0.4 is 10.4 Å². The van der Waals surface area contributed by atoms with E-state index in [1.807, 2.05) is 0 Å². The second-order valence-corrected chi connectivity index (χ2v) is 3.93. The van der Waals surface area contributed by atoms with E-state index >= 15 is 0 Å². The normalized spacial score (nSPS) is 21.4. The molecule has 0 fully saturated rings. The van der Waals surface area contributed by atoms with Crippen LogP contribution in [0.15, 0.2) is 24.3 Å². The third-order valence-corrected chi connectivity index (χ3v) is 2.56. The lowest BCUT2D eigenvalue weighted by molar-refractivity contribution is 1.15. The van der Waals surface area contributed by atoms with Crippen LogP contribution in [0, 0.1) is 0 Å². The highest BCUT2D eigenvalue weighted by atomic mass is 79.9. The monoisotopic (exact) mass is 208 g/mol. The zero-order chi connectivity index (χ0) is 7.68. The summed E-state index contributed by atoms with van der Waals surface area (Å²) in [4.78, 5) is 0.525. The van der Waals surface area contributed by atoms with Crippen LogP contribution in [-0.4, -0.2) is 4.83 Å². The van der Waals surface area contributed by atoms with Crippen molar-refractivity contribution in [3.05, 3.63) is 34.7 Å². The molecule has 1 heteroatoms. The van der Waals surface area contributed by atoms with Gasteiger partial charge in [0.1, 0.15) is 0 Å². The van der Waals surface area contributed by atoms with Crippen molar-refractivity contribution in [3.63, 3.8) is 0 Å². The van der Waals surface area contributed by atoms with Gasteiger partial charge in [0, 0.05) is 4.83 Å². The summed E-state index contributed by atoms with van der Waals surface area (Å²) in [5.41, 5.74) is 0. The second-order valence-electron chi connectivity index (χ2n) is 2.75. The predicted octanol–water partition coefficient (Wildman–Crippen LogP) is 1.41. The molecule has 0 nitrogen and oxygen atoms in total. The molecule has 2 rings (SSSR count). The molecule has 56 valence electrons. The summed E-state index contributed by atoms with van der Waals surface area (Å²) in [6.45, 7) is 0. The molecule has 0 aliphatic heterocycles. The topological polar surface area (TPSA) is 0 Å². The lowest BCUT2D eigenvalue weighted by Gasteiger charge is -2.04. The fourth-order valence-electron chi connectivity index (χ4n) is 1.35. The molecule has 1 aliphatic carbocycles. The molecule has 1 atom stereocenters. The summed E-state index contributed by atoms with van der Waals surface area (Å²) in [5, 5.41) is 2.71. The first-order chi connectivity index (χ1) is 5.36. The third kappa shape index (κ3) is 1.38. The number of halogens is 1. The van der Waals surface area contributed by atoms with Gasteiger partial charge in [0.25, 0.3) is 0 Å². The molecular formula is C10H9Br. The Balaban J connectivity index is 2.73. The van der Waals surface area contributed by atoms with E-state index in [1.54, 1.807) is 0 Å². The fraction of sp³-hybridized carbons (Fsp3) is 0.200. The van der Waals surface area contributed by atoms with Gasteiger partial charge in [0.2, 0.25) is 0 Å². The maximum atomic E-state index is 3.57. The number of fused-ring (bicyclic) bond motifs is 1. The SMILES string of the molecule is BrC1C=c2ccccc2=CC1. The van der Waals surface area contributed by atoms with Gasteiger partial charge in [0.05, 0.1) is 0 Å². The summed E-state index contributed by atoms with van der Waals surface area (Å²) in [6.07, 6.45) is 5.64. The summed E-state index contributed by atoms with van der Waals surface area (Å²) >= 11 is 3.57. The number of benzene rings is 1. The van der Waals surface area contributed by atoms with Gasteiger partial charge < -0.3 is 0 Å². The van der Waals surface area contributed by atoms with E-state index in [4.69, 9.17) is 0 Å². The van der Waals surface area contributed by atoms with E-state index in [0.717, 1.165) is 6.42 Å². The maximum absolute atomic E-state index is 3.57. The Hall–Kier alpha value is -0.560. The Labute approximate surface area is 74.4 Å². The highest BCUT2D eigenvalue weighted by Crippen LogP contribution is 2.08. The Morgan fingerprint density at radius 3 is 2.73 bits per heavy atom. The molecule has 0 heterocycles. The van der Waals surface area contributed by atoms with Crippen LogP contribution in [0.4, 0.5) is 0 Å². The molecule has 0 saturated heterocycles. The number of hydrogen-bond acceptors (Lipinski definition) is 0. The highest BCUT2D eigenvalue weighted by molar-refractivity contribution is 9.09. The predicted molar refractivity (Wildman–Crippen MR) is 52.0 cm³/mol. The van der Waals surface area contributed by atoms with Crippen molar-refractivity contribution in [2.75, 3.05) is 0 Å². The second kappa shape index (κ2) is 2.82. The fourth-order valence-corrected chi connectivity index (χ4v) is 1.82. The van der Waals surface area contributed by atoms with Gasteiger partial charge in [-0.25, -0.2) is 0 Å². The highest BCUT2D eigenvalue weighted by Gasteiger charge is 2.00. The average Bonchev–Trinajstić information content (AvgIpc) is 2.04. The van der Waals surface area contributed by atoms with Crippen molar-refractivity contribution in [3.8, 4) is 0 Å². The lowest BCUT2D eigenvalue weighted by Crippen LogP contribution is -2.28. The lowest BCUT2D eigenvalue weighted by atomic mass is 10.1. The first kappa shape index (κ1) is 7.11. The van der Waals surface area contributed by atoms with E-state index in [0.29, 0.717) is 4.83 Å². The average molecular weight is 209 g/mol. The van der Waals surface area contributed by atoms with Crippen molar-refractivity contribution < 1.29 is 0 Å². The third-order valence-electron chi connectivity index (χ3n) is 1.92. The molecular weight excluding hydrogens is 200 g/mol. The Morgan fingerprint density at radius 2 is 1.91 bits per heavy atom. The Bertz CT molecular complexity index is 365. The van der Waals surface area contributed by atoms with E-state index < -0.39 is 0 Å². The van der Waals surface area contributed by atoms with Gasteiger partial charge in [-0.1, -0.05) is 52.3 Å². The first-order valence-electron chi connectivity index (χ1n) is 3.77. The van der Waals surface area contributed by atoms with Crippen LogP contribution in [0.25, 0.3) is 12.2 Å². The van der Waals surface area contributed by atoms with Crippen LogP contribution in [0.1, 0.15) is 6.42 Å². The molecule has 0 aromatic heterocycles. The van der Waals surface area contributed by atoms with Crippen LogP contribution in [-0.2, 0) is 0 Å². The van der Waals surface area contributed by atoms with Crippen LogP contribution >= 0.6 is 15.9 Å². The quantitative estimate of drug-likeness (QED) is 0.567. The van der Waals surface area contributed by atoms with Crippen molar-refractivity contribution in [2.45, 2.75) is 11.2 Å². The van der Waals surface area contributed by atoms with Crippen molar-refractivity contribution >= 4 is 28.1 Å². The van der Waals surface area contributed by atoms with E-state index in [1.165, 1.54) is 10.4 Å². The molecule has 0 N–H and O–H groups in total. The van der Waals surface area contributed by atoms with Crippen molar-refractivity contribution in [1.82, 2.24) is 0 Å². The van der Waals surface area contributed by atoms with Gasteiger partial charge in [0.15, 0.2) is 0 Å². The molecule has 0 amide bonds. The van der Waals surface area contributed by atoms with Crippen LogP contribution in [0.5, 0.6) is 0 Å². The van der Waals surface area contributed by atoms with E-state index in [9.17, 15) is 0 Å². The summed E-state index contributed by atoms with van der Waals surface area (Å²) < 4.78 is 0. The Kier molecular flexibility index (Phi) is 1.82. The van der Waals surface area contributed by atoms with Crippen molar-refractivity contribution in [1.29, 1.82) is 0 Å². The molecule has 1 aromatic rings. The molecule has 0 bridgehead atoms. The zero-order valence-electron chi connectivity index (χ0n) is 6.13. The molecule has 0 spiro atoms. The first-order valence-corrected chi connectivity index (χ1v) is 4.69. The largest absolute Gasteiger partial charge is 0.0842 e. The van der Waals surface area contributed by atoms with Gasteiger partial charge in [-0.05, 0) is 16.9 Å². The van der Waals surface area contributed by atoms with Crippen LogP contribution in [0.3, 0.4) is 0 Å². The van der Waals surface area contributed by atoms with Gasteiger partial charge in [-0.15, -0.1) is 0 Å². The van der Waals surface area contributed by atoms with Gasteiger partial charge in [-0.2, -0.15) is 0 Å². The van der Waals surface area contributed by atoms with E-state index in [2.05, 4.69) is 52.3 Å². The molecule has 1 unspecified atom stereocenters. The Morgan fingerprint density at radius 1 is 1.18 bits per heavy atom. The van der Waals surface area contributed by atoms with Gasteiger partial charge in [-0.3, -0.25) is 0 Å². The summed E-state index contributed by atoms with van der Waals surface area (Å²) in [5.74, 6) is 0. The molecule has 0 radical (unpaired) electrons. The zero-order valence-corrected chi connectivity index (χ0v) is 7.71. The standard InChI is InChI=1S/C10H9Br/c11-10-6-5-8-3-1-2-4-9(8)7-10/h1-5,7,10H,6H2. The minimum atomic E-state index is 0.525. The van der Waals surface area contributed by atoms with Crippen LogP contribution in [0.2, 0.25) is 0 Å². The summed E-state index contributed by atoms with van der Waals surface area (Å²) in [7, 11) is 0. The maximum Gasteiger partial charge on any atom is 0.0369 e. The number of alkyl halides is 1. The number of rotatable bonds is 0. The summed E-state index contributed by atoms with van der Waals surface area (Å²) in [6, 6.07) is 8.47. The van der Waals surface area contributed by atoms with Gasteiger partial charge >= 0.3 is 0 Å². The minimum Gasteiger partial charge on any atom is -0.0842 e. The van der Waals surface area contributed by atoms with Crippen molar-refractivity contribution in [2.24, 2.45) is 0 Å². The molecule has 1 aliphatic rings. The smallest absolute Gasteiger partial charge is 0.0369 e.